The topological polar surface area (TPSA) is 43.4 Å². The summed E-state index contributed by atoms with van der Waals surface area (Å²) in [6, 6.07) is 5.24. The second-order valence-corrected chi connectivity index (χ2v) is 2.71. The molecule has 4 heteroatoms. The van der Waals surface area contributed by atoms with Gasteiger partial charge < -0.3 is 4.74 Å². The molecule has 0 fully saturated rings. The van der Waals surface area contributed by atoms with Crippen LogP contribution in [0.1, 0.15) is 17.3 Å². The molecule has 0 aliphatic heterocycles. The zero-order valence-corrected chi connectivity index (χ0v) is 7.62. The lowest BCUT2D eigenvalue weighted by molar-refractivity contribution is -0.139. The van der Waals surface area contributed by atoms with E-state index in [0.29, 0.717) is 0 Å². The number of Topliss-reactive ketones (excluding diaryl/α,β-unsaturated/α-hetero) is 1. The number of rotatable bonds is 3. The summed E-state index contributed by atoms with van der Waals surface area (Å²) >= 11 is 0. The van der Waals surface area contributed by atoms with Gasteiger partial charge in [0.15, 0.2) is 12.4 Å². The summed E-state index contributed by atoms with van der Waals surface area (Å²) in [6.07, 6.45) is 0. The number of esters is 1. The lowest BCUT2D eigenvalue weighted by Gasteiger charge is -2.01. The highest BCUT2D eigenvalue weighted by molar-refractivity contribution is 5.97. The van der Waals surface area contributed by atoms with Crippen molar-refractivity contribution < 1.29 is 18.7 Å². The van der Waals surface area contributed by atoms with E-state index in [1.807, 2.05) is 0 Å². The summed E-state index contributed by atoms with van der Waals surface area (Å²) in [7, 11) is 0. The van der Waals surface area contributed by atoms with Crippen molar-refractivity contribution in [1.29, 1.82) is 0 Å². The first-order chi connectivity index (χ1) is 6.59. The van der Waals surface area contributed by atoms with E-state index < -0.39 is 17.6 Å². The highest BCUT2D eigenvalue weighted by Gasteiger charge is 2.07. The van der Waals surface area contributed by atoms with Gasteiger partial charge in [-0.25, -0.2) is 4.39 Å². The standard InChI is InChI=1S/C10H9FO3/c1-7(12)14-6-10(13)8-3-2-4-9(11)5-8/h2-5H,6H2,1H3. The minimum Gasteiger partial charge on any atom is -0.457 e. The van der Waals surface area contributed by atoms with E-state index in [0.717, 1.165) is 6.07 Å². The third kappa shape index (κ3) is 2.97. The zero-order chi connectivity index (χ0) is 10.6. The fraction of sp³-hybridized carbons (Fsp3) is 0.200. The number of hydrogen-bond acceptors (Lipinski definition) is 3. The molecule has 0 bridgehead atoms. The zero-order valence-electron chi connectivity index (χ0n) is 7.62. The second-order valence-electron chi connectivity index (χ2n) is 2.71. The number of halogens is 1. The van der Waals surface area contributed by atoms with Crippen LogP contribution in [0.5, 0.6) is 0 Å². The molecule has 0 saturated carbocycles. The highest BCUT2D eigenvalue weighted by atomic mass is 19.1. The first kappa shape index (κ1) is 10.4. The maximum absolute atomic E-state index is 12.7. The molecule has 0 aliphatic carbocycles. The third-order valence-corrected chi connectivity index (χ3v) is 1.55. The number of ketones is 1. The number of carbonyl (C=O) groups is 2. The number of carbonyl (C=O) groups excluding carboxylic acids is 2. The SMILES string of the molecule is CC(=O)OCC(=O)c1cccc(F)c1. The summed E-state index contributed by atoms with van der Waals surface area (Å²) in [6.45, 7) is 0.859. The summed E-state index contributed by atoms with van der Waals surface area (Å²) in [5.74, 6) is -1.44. The van der Waals surface area contributed by atoms with Gasteiger partial charge in [0, 0.05) is 12.5 Å². The summed E-state index contributed by atoms with van der Waals surface area (Å²) in [5.41, 5.74) is 0.200. The molecule has 1 aromatic carbocycles. The predicted molar refractivity (Wildman–Crippen MR) is 47.4 cm³/mol. The lowest BCUT2D eigenvalue weighted by atomic mass is 10.1. The molecule has 0 aliphatic rings. The predicted octanol–water partition coefficient (Wildman–Crippen LogP) is 1.57. The van der Waals surface area contributed by atoms with Crippen LogP contribution in [0.25, 0.3) is 0 Å². The lowest BCUT2D eigenvalue weighted by Crippen LogP contribution is -2.11. The number of hydrogen-bond donors (Lipinski definition) is 0. The fourth-order valence-electron chi connectivity index (χ4n) is 0.912. The van der Waals surface area contributed by atoms with Crippen LogP contribution in [-0.4, -0.2) is 18.4 Å². The van der Waals surface area contributed by atoms with Crippen LogP contribution >= 0.6 is 0 Å². The summed E-state index contributed by atoms with van der Waals surface area (Å²) in [4.78, 5) is 21.7. The number of benzene rings is 1. The van der Waals surface area contributed by atoms with Crippen molar-refractivity contribution in [1.82, 2.24) is 0 Å². The quantitative estimate of drug-likeness (QED) is 0.544. The molecule has 74 valence electrons. The van der Waals surface area contributed by atoms with E-state index in [-0.39, 0.29) is 12.2 Å². The molecule has 0 aromatic heterocycles. The molecule has 1 rings (SSSR count). The monoisotopic (exact) mass is 196 g/mol. The van der Waals surface area contributed by atoms with E-state index in [2.05, 4.69) is 4.74 Å². The maximum atomic E-state index is 12.7. The van der Waals surface area contributed by atoms with E-state index in [1.54, 1.807) is 0 Å². The molecular weight excluding hydrogens is 187 g/mol. The van der Waals surface area contributed by atoms with Gasteiger partial charge in [0.05, 0.1) is 0 Å². The normalized spacial score (nSPS) is 9.57. The molecule has 0 saturated heterocycles. The van der Waals surface area contributed by atoms with Crippen molar-refractivity contribution in [3.05, 3.63) is 35.6 Å². The van der Waals surface area contributed by atoms with Crippen LogP contribution in [-0.2, 0) is 9.53 Å². The summed E-state index contributed by atoms with van der Waals surface area (Å²) < 4.78 is 17.2. The molecule has 0 heterocycles. The van der Waals surface area contributed by atoms with Crippen LogP contribution in [0, 0.1) is 5.82 Å². The fourth-order valence-corrected chi connectivity index (χ4v) is 0.912. The third-order valence-electron chi connectivity index (χ3n) is 1.55. The van der Waals surface area contributed by atoms with Gasteiger partial charge in [-0.05, 0) is 12.1 Å². The smallest absolute Gasteiger partial charge is 0.303 e. The van der Waals surface area contributed by atoms with E-state index in [9.17, 15) is 14.0 Å². The summed E-state index contributed by atoms with van der Waals surface area (Å²) in [5, 5.41) is 0. The van der Waals surface area contributed by atoms with E-state index in [1.165, 1.54) is 25.1 Å². The highest BCUT2D eigenvalue weighted by Crippen LogP contribution is 2.04. The maximum Gasteiger partial charge on any atom is 0.303 e. The molecule has 14 heavy (non-hydrogen) atoms. The Morgan fingerprint density at radius 1 is 1.43 bits per heavy atom. The van der Waals surface area contributed by atoms with Crippen LogP contribution in [0.4, 0.5) is 4.39 Å². The van der Waals surface area contributed by atoms with Gasteiger partial charge in [0.25, 0.3) is 0 Å². The molecule has 0 N–H and O–H groups in total. The Kier molecular flexibility index (Phi) is 3.34. The van der Waals surface area contributed by atoms with Gasteiger partial charge >= 0.3 is 5.97 Å². The molecule has 0 unspecified atom stereocenters. The van der Waals surface area contributed by atoms with Crippen molar-refractivity contribution in [3.8, 4) is 0 Å². The minimum absolute atomic E-state index is 0.200. The van der Waals surface area contributed by atoms with Crippen LogP contribution in [0.2, 0.25) is 0 Å². The van der Waals surface area contributed by atoms with Crippen LogP contribution in [0.15, 0.2) is 24.3 Å². The molecule has 0 amide bonds. The Balaban J connectivity index is 2.65. The van der Waals surface area contributed by atoms with Gasteiger partial charge in [-0.2, -0.15) is 0 Å². The average Bonchev–Trinajstić information content (AvgIpc) is 2.14. The molecule has 3 nitrogen and oxygen atoms in total. The molecule has 1 aromatic rings. The molecular formula is C10H9FO3. The van der Waals surface area contributed by atoms with Gasteiger partial charge in [0.2, 0.25) is 0 Å². The Morgan fingerprint density at radius 3 is 2.71 bits per heavy atom. The Morgan fingerprint density at radius 2 is 2.14 bits per heavy atom. The van der Waals surface area contributed by atoms with Crippen molar-refractivity contribution in [2.75, 3.05) is 6.61 Å². The molecule has 0 atom stereocenters. The van der Waals surface area contributed by atoms with Crippen LogP contribution in [0.3, 0.4) is 0 Å². The first-order valence-electron chi connectivity index (χ1n) is 4.01. The second kappa shape index (κ2) is 4.50. The molecule has 0 radical (unpaired) electrons. The minimum atomic E-state index is -0.533. The molecule has 0 spiro atoms. The van der Waals surface area contributed by atoms with E-state index in [4.69, 9.17) is 0 Å². The largest absolute Gasteiger partial charge is 0.457 e. The van der Waals surface area contributed by atoms with E-state index >= 15 is 0 Å². The van der Waals surface area contributed by atoms with Gasteiger partial charge in [-0.3, -0.25) is 9.59 Å². The average molecular weight is 196 g/mol. The van der Waals surface area contributed by atoms with Gasteiger partial charge in [-0.15, -0.1) is 0 Å². The van der Waals surface area contributed by atoms with Gasteiger partial charge in [0.1, 0.15) is 5.82 Å². The Hall–Kier alpha value is -1.71. The first-order valence-corrected chi connectivity index (χ1v) is 4.01. The Labute approximate surface area is 80.5 Å². The Bertz CT molecular complexity index is 360. The van der Waals surface area contributed by atoms with Gasteiger partial charge in [-0.1, -0.05) is 12.1 Å². The van der Waals surface area contributed by atoms with Crippen molar-refractivity contribution in [3.63, 3.8) is 0 Å². The number of ether oxygens (including phenoxy) is 1. The van der Waals surface area contributed by atoms with Crippen molar-refractivity contribution >= 4 is 11.8 Å². The van der Waals surface area contributed by atoms with Crippen LogP contribution < -0.4 is 0 Å². The van der Waals surface area contributed by atoms with Crippen molar-refractivity contribution in [2.45, 2.75) is 6.92 Å². The van der Waals surface area contributed by atoms with Crippen molar-refractivity contribution in [2.24, 2.45) is 0 Å².